The van der Waals surface area contributed by atoms with E-state index in [4.69, 9.17) is 9.47 Å². The predicted octanol–water partition coefficient (Wildman–Crippen LogP) is 3.15. The molecule has 2 amide bonds. The molecule has 1 atom stereocenters. The highest BCUT2D eigenvalue weighted by Crippen LogP contribution is 2.38. The van der Waals surface area contributed by atoms with Crippen molar-refractivity contribution in [3.63, 3.8) is 0 Å². The summed E-state index contributed by atoms with van der Waals surface area (Å²) in [5.74, 6) is 0.561. The molecule has 0 bridgehead atoms. The van der Waals surface area contributed by atoms with Crippen LogP contribution in [0.4, 0.5) is 5.69 Å². The van der Waals surface area contributed by atoms with Crippen molar-refractivity contribution in [2.45, 2.75) is 26.7 Å². The monoisotopic (exact) mass is 337 g/mol. The van der Waals surface area contributed by atoms with Crippen molar-refractivity contribution < 1.29 is 19.1 Å². The molecule has 0 radical (unpaired) electrons. The van der Waals surface area contributed by atoms with E-state index < -0.39 is 0 Å². The van der Waals surface area contributed by atoms with E-state index in [2.05, 4.69) is 18.2 Å². The van der Waals surface area contributed by atoms with Crippen LogP contribution in [0.15, 0.2) is 36.4 Å². The number of hydrogen-bond acceptors (Lipinski definition) is 4. The lowest BCUT2D eigenvalue weighted by molar-refractivity contribution is -0.122. The van der Waals surface area contributed by atoms with Gasteiger partial charge in [-0.15, -0.1) is 0 Å². The molecule has 2 aromatic rings. The molecular weight excluding hydrogens is 318 g/mol. The lowest BCUT2D eigenvalue weighted by Gasteiger charge is -2.16. The molecule has 1 unspecified atom stereocenters. The number of anilines is 1. The Balaban J connectivity index is 1.58. The highest BCUT2D eigenvalue weighted by Gasteiger charge is 2.39. The third kappa shape index (κ3) is 2.86. The van der Waals surface area contributed by atoms with Crippen LogP contribution in [0.1, 0.15) is 23.1 Å². The van der Waals surface area contributed by atoms with Crippen LogP contribution >= 0.6 is 0 Å². The second kappa shape index (κ2) is 5.92. The van der Waals surface area contributed by atoms with Crippen molar-refractivity contribution >= 4 is 17.5 Å². The van der Waals surface area contributed by atoms with Crippen molar-refractivity contribution in [1.82, 2.24) is 0 Å². The largest absolute Gasteiger partial charge is 0.454 e. The van der Waals surface area contributed by atoms with Crippen molar-refractivity contribution in [2.75, 3.05) is 11.7 Å². The van der Waals surface area contributed by atoms with Crippen LogP contribution in [0, 0.1) is 19.8 Å². The van der Waals surface area contributed by atoms with Gasteiger partial charge in [0.15, 0.2) is 11.5 Å². The number of aryl methyl sites for hydroxylation is 2. The number of fused-ring (bicyclic) bond motifs is 1. The van der Waals surface area contributed by atoms with Gasteiger partial charge in [0.05, 0.1) is 11.6 Å². The van der Waals surface area contributed by atoms with E-state index in [9.17, 15) is 9.59 Å². The van der Waals surface area contributed by atoms with E-state index in [-0.39, 0.29) is 30.9 Å². The first-order chi connectivity index (χ1) is 12.0. The first-order valence-electron chi connectivity index (χ1n) is 8.35. The second-order valence-corrected chi connectivity index (χ2v) is 6.71. The van der Waals surface area contributed by atoms with Gasteiger partial charge in [0.2, 0.25) is 18.6 Å². The Bertz CT molecular complexity index is 854. The topological polar surface area (TPSA) is 55.8 Å². The van der Waals surface area contributed by atoms with Crippen LogP contribution in [0.25, 0.3) is 0 Å². The first-order valence-corrected chi connectivity index (χ1v) is 8.35. The second-order valence-electron chi connectivity index (χ2n) is 6.71. The van der Waals surface area contributed by atoms with E-state index >= 15 is 0 Å². The molecule has 0 saturated carbocycles. The Morgan fingerprint density at radius 1 is 1.00 bits per heavy atom. The number of nitrogens with zero attached hydrogens (tertiary/aromatic N) is 1. The molecule has 1 fully saturated rings. The Hall–Kier alpha value is -2.82. The number of imide groups is 1. The zero-order chi connectivity index (χ0) is 17.6. The van der Waals surface area contributed by atoms with E-state index in [1.807, 2.05) is 13.8 Å². The maximum atomic E-state index is 12.8. The molecule has 2 aliphatic rings. The SMILES string of the molecule is Cc1cc(C)cc(CC2CC(=O)N(c3ccc4c(c3)OCO4)C2=O)c1. The molecule has 4 rings (SSSR count). The molecule has 5 heteroatoms. The van der Waals surface area contributed by atoms with Crippen LogP contribution in [0.5, 0.6) is 11.5 Å². The highest BCUT2D eigenvalue weighted by atomic mass is 16.7. The van der Waals surface area contributed by atoms with E-state index in [1.165, 1.54) is 16.0 Å². The Morgan fingerprint density at radius 3 is 2.48 bits per heavy atom. The maximum absolute atomic E-state index is 12.8. The Labute approximate surface area is 146 Å². The minimum atomic E-state index is -0.320. The van der Waals surface area contributed by atoms with Gasteiger partial charge in [-0.25, -0.2) is 0 Å². The summed E-state index contributed by atoms with van der Waals surface area (Å²) in [5.41, 5.74) is 3.97. The van der Waals surface area contributed by atoms with Crippen LogP contribution in [-0.4, -0.2) is 18.6 Å². The summed E-state index contributed by atoms with van der Waals surface area (Å²) < 4.78 is 10.6. The molecule has 2 aromatic carbocycles. The van der Waals surface area contributed by atoms with Gasteiger partial charge in [-0.05, 0) is 38.0 Å². The smallest absolute Gasteiger partial charge is 0.237 e. The quantitative estimate of drug-likeness (QED) is 0.808. The van der Waals surface area contributed by atoms with Gasteiger partial charge < -0.3 is 9.47 Å². The molecule has 0 N–H and O–H groups in total. The number of carbonyl (C=O) groups excluding carboxylic acids is 2. The number of carbonyl (C=O) groups is 2. The third-order valence-corrected chi connectivity index (χ3v) is 4.62. The van der Waals surface area contributed by atoms with Crippen LogP contribution in [0.3, 0.4) is 0 Å². The Morgan fingerprint density at radius 2 is 1.72 bits per heavy atom. The fourth-order valence-corrected chi connectivity index (χ4v) is 3.62. The van der Waals surface area contributed by atoms with Crippen molar-refractivity contribution in [2.24, 2.45) is 5.92 Å². The van der Waals surface area contributed by atoms with Gasteiger partial charge in [0.1, 0.15) is 0 Å². The average molecular weight is 337 g/mol. The molecule has 0 aliphatic carbocycles. The summed E-state index contributed by atoms with van der Waals surface area (Å²) in [6, 6.07) is 11.4. The fraction of sp³-hybridized carbons (Fsp3) is 0.300. The first kappa shape index (κ1) is 15.7. The van der Waals surface area contributed by atoms with E-state index in [0.29, 0.717) is 23.6 Å². The molecule has 25 heavy (non-hydrogen) atoms. The molecule has 128 valence electrons. The predicted molar refractivity (Wildman–Crippen MR) is 92.8 cm³/mol. The van der Waals surface area contributed by atoms with Crippen LogP contribution in [-0.2, 0) is 16.0 Å². The summed E-state index contributed by atoms with van der Waals surface area (Å²) in [7, 11) is 0. The zero-order valence-corrected chi connectivity index (χ0v) is 14.2. The fourth-order valence-electron chi connectivity index (χ4n) is 3.62. The zero-order valence-electron chi connectivity index (χ0n) is 14.2. The van der Waals surface area contributed by atoms with Gasteiger partial charge in [0, 0.05) is 12.5 Å². The Kier molecular flexibility index (Phi) is 3.71. The lowest BCUT2D eigenvalue weighted by atomic mass is 9.95. The van der Waals surface area contributed by atoms with Gasteiger partial charge in [-0.2, -0.15) is 0 Å². The molecule has 5 nitrogen and oxygen atoms in total. The lowest BCUT2D eigenvalue weighted by Crippen LogP contribution is -2.30. The number of hydrogen-bond donors (Lipinski definition) is 0. The normalized spacial score (nSPS) is 19.0. The summed E-state index contributed by atoms with van der Waals surface area (Å²) >= 11 is 0. The summed E-state index contributed by atoms with van der Waals surface area (Å²) in [6.45, 7) is 4.24. The summed E-state index contributed by atoms with van der Waals surface area (Å²) in [4.78, 5) is 26.5. The third-order valence-electron chi connectivity index (χ3n) is 4.62. The minimum absolute atomic E-state index is 0.150. The van der Waals surface area contributed by atoms with Crippen molar-refractivity contribution in [1.29, 1.82) is 0 Å². The van der Waals surface area contributed by atoms with Gasteiger partial charge >= 0.3 is 0 Å². The minimum Gasteiger partial charge on any atom is -0.454 e. The van der Waals surface area contributed by atoms with Crippen molar-refractivity contribution in [3.05, 3.63) is 53.1 Å². The number of benzene rings is 2. The molecular formula is C20H19NO4. The standard InChI is InChI=1S/C20H19NO4/c1-12-5-13(2)7-14(6-12)8-15-9-19(22)21(20(15)23)16-3-4-17-18(10-16)25-11-24-17/h3-7,10,15H,8-9,11H2,1-2H3. The molecule has 1 saturated heterocycles. The summed E-state index contributed by atoms with van der Waals surface area (Å²) in [5, 5.41) is 0. The summed E-state index contributed by atoms with van der Waals surface area (Å²) in [6.07, 6.45) is 0.814. The van der Waals surface area contributed by atoms with E-state index in [0.717, 1.165) is 5.56 Å². The number of amides is 2. The van der Waals surface area contributed by atoms with E-state index in [1.54, 1.807) is 18.2 Å². The van der Waals surface area contributed by atoms with Gasteiger partial charge in [0.25, 0.3) is 0 Å². The van der Waals surface area contributed by atoms with Crippen LogP contribution < -0.4 is 14.4 Å². The van der Waals surface area contributed by atoms with Gasteiger partial charge in [-0.3, -0.25) is 14.5 Å². The van der Waals surface area contributed by atoms with Gasteiger partial charge in [-0.1, -0.05) is 29.3 Å². The average Bonchev–Trinajstić information content (AvgIpc) is 3.10. The number of rotatable bonds is 3. The molecule has 2 heterocycles. The number of ether oxygens (including phenoxy) is 2. The maximum Gasteiger partial charge on any atom is 0.237 e. The highest BCUT2D eigenvalue weighted by molar-refractivity contribution is 6.21. The molecule has 2 aliphatic heterocycles. The van der Waals surface area contributed by atoms with Crippen molar-refractivity contribution in [3.8, 4) is 11.5 Å². The van der Waals surface area contributed by atoms with Crippen LogP contribution in [0.2, 0.25) is 0 Å². The molecule has 0 spiro atoms. The molecule has 0 aromatic heterocycles.